The summed E-state index contributed by atoms with van der Waals surface area (Å²) in [6.07, 6.45) is 1.82. The van der Waals surface area contributed by atoms with Crippen LogP contribution in [0.2, 0.25) is 0 Å². The van der Waals surface area contributed by atoms with E-state index in [1.807, 2.05) is 0 Å². The minimum atomic E-state index is -0.0478. The lowest BCUT2D eigenvalue weighted by atomic mass is 9.88. The zero-order valence-corrected chi connectivity index (χ0v) is 13.8. The summed E-state index contributed by atoms with van der Waals surface area (Å²) in [5, 5.41) is 0. The Labute approximate surface area is 124 Å². The van der Waals surface area contributed by atoms with Gasteiger partial charge in [0.1, 0.15) is 5.75 Å². The summed E-state index contributed by atoms with van der Waals surface area (Å²) in [4.78, 5) is 2.18. The molecule has 0 aliphatic carbocycles. The van der Waals surface area contributed by atoms with Gasteiger partial charge in [0.2, 0.25) is 0 Å². The number of ether oxygens (including phenoxy) is 1. The van der Waals surface area contributed by atoms with Crippen molar-refractivity contribution < 1.29 is 4.74 Å². The number of fused-ring (bicyclic) bond motifs is 1. The molecular formula is C15H23BrN2O. The van der Waals surface area contributed by atoms with Crippen LogP contribution in [-0.4, -0.2) is 37.2 Å². The van der Waals surface area contributed by atoms with Crippen molar-refractivity contribution in [1.82, 2.24) is 4.90 Å². The Kier molecular flexibility index (Phi) is 4.23. The number of rotatable bonds is 4. The first-order chi connectivity index (χ1) is 8.82. The van der Waals surface area contributed by atoms with Crippen molar-refractivity contribution in [2.45, 2.75) is 38.3 Å². The maximum Gasteiger partial charge on any atom is 0.125 e. The summed E-state index contributed by atoms with van der Waals surface area (Å²) in [6, 6.07) is 4.34. The van der Waals surface area contributed by atoms with E-state index in [1.165, 1.54) is 11.1 Å². The average Bonchev–Trinajstić information content (AvgIpc) is 2.76. The fourth-order valence-electron chi connectivity index (χ4n) is 2.32. The molecule has 106 valence electrons. The average molecular weight is 327 g/mol. The van der Waals surface area contributed by atoms with E-state index < -0.39 is 0 Å². The summed E-state index contributed by atoms with van der Waals surface area (Å²) in [5.74, 6) is 1.05. The highest BCUT2D eigenvalue weighted by molar-refractivity contribution is 9.10. The lowest BCUT2D eigenvalue weighted by Crippen LogP contribution is -2.54. The van der Waals surface area contributed by atoms with Crippen LogP contribution in [-0.2, 0) is 12.8 Å². The Balaban J connectivity index is 2.25. The van der Waals surface area contributed by atoms with Gasteiger partial charge in [-0.3, -0.25) is 0 Å². The van der Waals surface area contributed by atoms with Gasteiger partial charge in [0.05, 0.1) is 6.61 Å². The van der Waals surface area contributed by atoms with Gasteiger partial charge in [-0.25, -0.2) is 0 Å². The Morgan fingerprint density at radius 1 is 1.42 bits per heavy atom. The third-order valence-electron chi connectivity index (χ3n) is 4.33. The van der Waals surface area contributed by atoms with E-state index in [0.717, 1.165) is 29.7 Å². The molecule has 4 heteroatoms. The van der Waals surface area contributed by atoms with Crippen molar-refractivity contribution in [2.24, 2.45) is 5.73 Å². The zero-order valence-electron chi connectivity index (χ0n) is 12.2. The van der Waals surface area contributed by atoms with Gasteiger partial charge >= 0.3 is 0 Å². The van der Waals surface area contributed by atoms with E-state index in [2.05, 4.69) is 60.9 Å². The molecular weight excluding hydrogens is 304 g/mol. The molecule has 19 heavy (non-hydrogen) atoms. The highest BCUT2D eigenvalue weighted by Gasteiger charge is 2.30. The number of benzene rings is 1. The summed E-state index contributed by atoms with van der Waals surface area (Å²) in [5.41, 5.74) is 8.87. The molecule has 1 aliphatic heterocycles. The summed E-state index contributed by atoms with van der Waals surface area (Å²) >= 11 is 3.58. The SMILES string of the molecule is CN(C)C(C)(C)C(N)Cc1cc(Br)cc2c1OCC2. The molecule has 0 saturated carbocycles. The molecule has 2 rings (SSSR count). The molecule has 1 unspecified atom stereocenters. The van der Waals surface area contributed by atoms with Gasteiger partial charge in [0.25, 0.3) is 0 Å². The molecule has 0 bridgehead atoms. The maximum atomic E-state index is 6.42. The highest BCUT2D eigenvalue weighted by atomic mass is 79.9. The first-order valence-corrected chi connectivity index (χ1v) is 7.48. The normalized spacial score (nSPS) is 16.4. The largest absolute Gasteiger partial charge is 0.493 e. The highest BCUT2D eigenvalue weighted by Crippen LogP contribution is 2.34. The molecule has 0 amide bonds. The second kappa shape index (κ2) is 5.43. The second-order valence-electron chi connectivity index (χ2n) is 6.01. The van der Waals surface area contributed by atoms with Gasteiger partial charge in [0, 0.05) is 22.5 Å². The van der Waals surface area contributed by atoms with Crippen LogP contribution >= 0.6 is 15.9 Å². The van der Waals surface area contributed by atoms with E-state index >= 15 is 0 Å². The third kappa shape index (κ3) is 2.96. The first-order valence-electron chi connectivity index (χ1n) is 6.69. The Bertz CT molecular complexity index is 471. The van der Waals surface area contributed by atoms with Gasteiger partial charge in [-0.15, -0.1) is 0 Å². The molecule has 1 atom stereocenters. The van der Waals surface area contributed by atoms with Crippen molar-refractivity contribution in [1.29, 1.82) is 0 Å². The van der Waals surface area contributed by atoms with E-state index in [0.29, 0.717) is 0 Å². The maximum absolute atomic E-state index is 6.42. The zero-order chi connectivity index (χ0) is 14.2. The molecule has 1 aromatic rings. The topological polar surface area (TPSA) is 38.5 Å². The molecule has 1 aliphatic rings. The molecule has 1 heterocycles. The van der Waals surface area contributed by atoms with Crippen LogP contribution in [0.25, 0.3) is 0 Å². The van der Waals surface area contributed by atoms with Crippen LogP contribution in [0, 0.1) is 0 Å². The van der Waals surface area contributed by atoms with Crippen molar-refractivity contribution in [3.63, 3.8) is 0 Å². The summed E-state index contributed by atoms with van der Waals surface area (Å²) in [6.45, 7) is 5.14. The predicted molar refractivity (Wildman–Crippen MR) is 82.8 cm³/mol. The van der Waals surface area contributed by atoms with Crippen LogP contribution in [0.15, 0.2) is 16.6 Å². The molecule has 0 spiro atoms. The number of hydrogen-bond donors (Lipinski definition) is 1. The van der Waals surface area contributed by atoms with Crippen LogP contribution in [0.1, 0.15) is 25.0 Å². The van der Waals surface area contributed by atoms with E-state index in [9.17, 15) is 0 Å². The van der Waals surface area contributed by atoms with Gasteiger partial charge in [-0.1, -0.05) is 15.9 Å². The lowest BCUT2D eigenvalue weighted by Gasteiger charge is -2.38. The number of hydrogen-bond acceptors (Lipinski definition) is 3. The lowest BCUT2D eigenvalue weighted by molar-refractivity contribution is 0.157. The number of nitrogens with zero attached hydrogens (tertiary/aromatic N) is 1. The van der Waals surface area contributed by atoms with E-state index in [-0.39, 0.29) is 11.6 Å². The molecule has 0 saturated heterocycles. The molecule has 0 radical (unpaired) electrons. The predicted octanol–water partition coefficient (Wildman–Crippen LogP) is 2.59. The molecule has 3 nitrogen and oxygen atoms in total. The monoisotopic (exact) mass is 326 g/mol. The van der Waals surface area contributed by atoms with Crippen LogP contribution in [0.4, 0.5) is 0 Å². The molecule has 2 N–H and O–H groups in total. The first kappa shape index (κ1) is 14.8. The third-order valence-corrected chi connectivity index (χ3v) is 4.78. The smallest absolute Gasteiger partial charge is 0.125 e. The minimum Gasteiger partial charge on any atom is -0.493 e. The number of nitrogens with two attached hydrogens (primary N) is 1. The Morgan fingerprint density at radius 3 is 2.74 bits per heavy atom. The molecule has 0 fully saturated rings. The van der Waals surface area contributed by atoms with Gasteiger partial charge < -0.3 is 15.4 Å². The molecule has 1 aromatic carbocycles. The van der Waals surface area contributed by atoms with Crippen LogP contribution in [0.3, 0.4) is 0 Å². The van der Waals surface area contributed by atoms with Crippen molar-refractivity contribution in [2.75, 3.05) is 20.7 Å². The Morgan fingerprint density at radius 2 is 2.11 bits per heavy atom. The van der Waals surface area contributed by atoms with Crippen LogP contribution in [0.5, 0.6) is 5.75 Å². The standard InChI is InChI=1S/C15H23BrN2O/c1-15(2,18(3)4)13(17)9-11-8-12(16)7-10-5-6-19-14(10)11/h7-8,13H,5-6,9,17H2,1-4H3. The van der Waals surface area contributed by atoms with Crippen molar-refractivity contribution in [3.05, 3.63) is 27.7 Å². The molecule has 0 aromatic heterocycles. The van der Waals surface area contributed by atoms with Crippen molar-refractivity contribution >= 4 is 15.9 Å². The number of likely N-dealkylation sites (N-methyl/N-ethyl adjacent to an activating group) is 1. The minimum absolute atomic E-state index is 0.0478. The summed E-state index contributed by atoms with van der Waals surface area (Å²) < 4.78 is 6.88. The fourth-order valence-corrected chi connectivity index (χ4v) is 2.87. The van der Waals surface area contributed by atoms with Crippen molar-refractivity contribution in [3.8, 4) is 5.75 Å². The summed E-state index contributed by atoms with van der Waals surface area (Å²) in [7, 11) is 4.14. The Hall–Kier alpha value is -0.580. The van der Waals surface area contributed by atoms with Gasteiger partial charge in [-0.05, 0) is 57.6 Å². The number of halogens is 1. The second-order valence-corrected chi connectivity index (χ2v) is 6.93. The van der Waals surface area contributed by atoms with E-state index in [1.54, 1.807) is 0 Å². The van der Waals surface area contributed by atoms with Gasteiger partial charge in [0.15, 0.2) is 0 Å². The quantitative estimate of drug-likeness (QED) is 0.924. The fraction of sp³-hybridized carbons (Fsp3) is 0.600. The van der Waals surface area contributed by atoms with Gasteiger partial charge in [-0.2, -0.15) is 0 Å². The van der Waals surface area contributed by atoms with E-state index in [4.69, 9.17) is 10.5 Å². The van der Waals surface area contributed by atoms with Crippen LogP contribution < -0.4 is 10.5 Å².